The van der Waals surface area contributed by atoms with E-state index < -0.39 is 12.0 Å². The molecule has 0 bridgehead atoms. The average Bonchev–Trinajstić information content (AvgIpc) is 3.17. The summed E-state index contributed by atoms with van der Waals surface area (Å²) in [7, 11) is 1.60. The minimum atomic E-state index is -0.621. The van der Waals surface area contributed by atoms with Gasteiger partial charge in [-0.3, -0.25) is 9.36 Å². The second-order valence-electron chi connectivity index (χ2n) is 9.25. The summed E-state index contributed by atoms with van der Waals surface area (Å²) in [6.07, 6.45) is 3.26. The molecule has 1 aliphatic rings. The lowest BCUT2D eigenvalue weighted by molar-refractivity contribution is -0.139. The van der Waals surface area contributed by atoms with Crippen molar-refractivity contribution in [3.63, 3.8) is 0 Å². The molecule has 0 fully saturated rings. The van der Waals surface area contributed by atoms with Crippen LogP contribution in [-0.2, 0) is 9.53 Å². The van der Waals surface area contributed by atoms with Crippen molar-refractivity contribution < 1.29 is 14.3 Å². The van der Waals surface area contributed by atoms with Crippen LogP contribution < -0.4 is 19.6 Å². The number of fused-ring (bicyclic) bond motifs is 1. The van der Waals surface area contributed by atoms with Crippen LogP contribution in [0.25, 0.3) is 6.08 Å². The van der Waals surface area contributed by atoms with Crippen LogP contribution in [0.3, 0.4) is 0 Å². The molecule has 0 N–H and O–H groups in total. The van der Waals surface area contributed by atoms with Gasteiger partial charge < -0.3 is 9.47 Å². The van der Waals surface area contributed by atoms with Crippen LogP contribution in [0, 0.1) is 0 Å². The molecule has 6 nitrogen and oxygen atoms in total. The summed E-state index contributed by atoms with van der Waals surface area (Å²) in [6.45, 7) is 8.35. The maximum Gasteiger partial charge on any atom is 0.338 e. The number of allylic oxidation sites excluding steroid dienone is 1. The Hall–Kier alpha value is -2.49. The van der Waals surface area contributed by atoms with Gasteiger partial charge in [0.15, 0.2) is 4.80 Å². The Morgan fingerprint density at radius 2 is 1.82 bits per heavy atom. The number of nitrogens with zero attached hydrogens (tertiary/aromatic N) is 2. The summed E-state index contributed by atoms with van der Waals surface area (Å²) in [5.74, 6) is 0.608. The van der Waals surface area contributed by atoms with E-state index in [1.54, 1.807) is 18.6 Å². The zero-order valence-electron chi connectivity index (χ0n) is 22.0. The maximum absolute atomic E-state index is 13.9. The summed E-state index contributed by atoms with van der Waals surface area (Å²) in [5.41, 5.74) is 3.76. The molecule has 1 aromatic heterocycles. The zero-order chi connectivity index (χ0) is 27.6. The van der Waals surface area contributed by atoms with E-state index in [0.29, 0.717) is 38.7 Å². The molecule has 0 spiro atoms. The molecule has 38 heavy (non-hydrogen) atoms. The first-order valence-electron chi connectivity index (χ1n) is 12.5. The van der Waals surface area contributed by atoms with Gasteiger partial charge in [0.25, 0.3) is 5.56 Å². The van der Waals surface area contributed by atoms with Gasteiger partial charge in [0.05, 0.1) is 44.5 Å². The lowest BCUT2D eigenvalue weighted by Gasteiger charge is -2.26. The highest BCUT2D eigenvalue weighted by atomic mass is 79.9. The Labute approximate surface area is 243 Å². The molecule has 3 aromatic rings. The molecule has 1 atom stereocenters. The van der Waals surface area contributed by atoms with Crippen LogP contribution in [0.15, 0.2) is 66.4 Å². The van der Waals surface area contributed by atoms with E-state index in [0.717, 1.165) is 26.5 Å². The van der Waals surface area contributed by atoms with Crippen LogP contribution in [0.5, 0.6) is 5.75 Å². The van der Waals surface area contributed by atoms with Gasteiger partial charge in [0, 0.05) is 0 Å². The van der Waals surface area contributed by atoms with Crippen molar-refractivity contribution in [2.24, 2.45) is 4.99 Å². The molecule has 9 heteroatoms. The van der Waals surface area contributed by atoms with Crippen molar-refractivity contribution in [1.82, 2.24) is 4.57 Å². The summed E-state index contributed by atoms with van der Waals surface area (Å²) in [6, 6.07) is 11.3. The normalized spacial score (nSPS) is 15.5. The molecule has 0 saturated carbocycles. The number of hydrogen-bond donors (Lipinski definition) is 0. The first kappa shape index (κ1) is 28.5. The van der Waals surface area contributed by atoms with Crippen molar-refractivity contribution in [2.45, 2.75) is 52.5 Å². The number of halogens is 2. The monoisotopic (exact) mass is 660 g/mol. The molecule has 0 amide bonds. The molecule has 2 aromatic carbocycles. The lowest BCUT2D eigenvalue weighted by Crippen LogP contribution is -2.40. The number of hydrogen-bond acceptors (Lipinski definition) is 6. The van der Waals surface area contributed by atoms with E-state index in [2.05, 4.69) is 57.8 Å². The number of ether oxygens (including phenoxy) is 2. The molecule has 0 saturated heterocycles. The average molecular weight is 662 g/mol. The maximum atomic E-state index is 13.9. The van der Waals surface area contributed by atoms with Gasteiger partial charge in [-0.2, -0.15) is 0 Å². The lowest BCUT2D eigenvalue weighted by atomic mass is 9.92. The standard InChI is InChI=1S/C29H30Br2N2O4S/c1-6-8-22-24(28(35)37-7-2)25(19-11-9-18(10-12-19)16(3)4)33-27(34)23(38-29(33)32-22)15-17-13-20(30)26(36-5)21(31)14-17/h9-16,25H,6-8H2,1-5H3/b23-15-/t25-/m1/s1. The highest BCUT2D eigenvalue weighted by molar-refractivity contribution is 9.11. The minimum absolute atomic E-state index is 0.202. The predicted octanol–water partition coefficient (Wildman–Crippen LogP) is 6.24. The summed E-state index contributed by atoms with van der Waals surface area (Å²) >= 11 is 8.39. The van der Waals surface area contributed by atoms with Crippen molar-refractivity contribution in [2.75, 3.05) is 13.7 Å². The largest absolute Gasteiger partial charge is 0.494 e. The number of methoxy groups -OCH3 is 1. The van der Waals surface area contributed by atoms with Crippen molar-refractivity contribution in [1.29, 1.82) is 0 Å². The van der Waals surface area contributed by atoms with Gasteiger partial charge in [-0.15, -0.1) is 0 Å². The predicted molar refractivity (Wildman–Crippen MR) is 159 cm³/mol. The molecular weight excluding hydrogens is 632 g/mol. The summed E-state index contributed by atoms with van der Waals surface area (Å²) < 4.78 is 14.6. The van der Waals surface area contributed by atoms with E-state index in [4.69, 9.17) is 14.5 Å². The molecule has 0 unspecified atom stereocenters. The fourth-order valence-electron chi connectivity index (χ4n) is 4.51. The molecule has 2 heterocycles. The molecule has 4 rings (SSSR count). The third kappa shape index (κ3) is 5.60. The second kappa shape index (κ2) is 12.1. The van der Waals surface area contributed by atoms with E-state index in [9.17, 15) is 9.59 Å². The molecule has 0 radical (unpaired) electrons. The van der Waals surface area contributed by atoms with Gasteiger partial charge in [0.1, 0.15) is 5.75 Å². The zero-order valence-corrected chi connectivity index (χ0v) is 26.0. The van der Waals surface area contributed by atoms with E-state index in [1.165, 1.54) is 16.9 Å². The number of thiazole rings is 1. The number of aromatic nitrogens is 1. The van der Waals surface area contributed by atoms with Crippen molar-refractivity contribution in [3.05, 3.63) is 93.0 Å². The smallest absolute Gasteiger partial charge is 0.338 e. The van der Waals surface area contributed by atoms with Crippen LogP contribution in [0.1, 0.15) is 69.2 Å². The van der Waals surface area contributed by atoms with E-state index >= 15 is 0 Å². The number of rotatable bonds is 8. The van der Waals surface area contributed by atoms with Crippen LogP contribution >= 0.6 is 43.2 Å². The highest BCUT2D eigenvalue weighted by Crippen LogP contribution is 2.35. The van der Waals surface area contributed by atoms with Crippen LogP contribution in [-0.4, -0.2) is 24.3 Å². The third-order valence-electron chi connectivity index (χ3n) is 6.33. The quantitative estimate of drug-likeness (QED) is 0.268. The molecule has 1 aliphatic heterocycles. The SMILES string of the molecule is CCCC1=C(C(=O)OCC)[C@@H](c2ccc(C(C)C)cc2)n2c(s/c(=C\c3cc(Br)c(OC)c(Br)c3)c2=O)=N1. The van der Waals surface area contributed by atoms with Crippen molar-refractivity contribution >= 4 is 55.2 Å². The van der Waals surface area contributed by atoms with Crippen LogP contribution in [0.4, 0.5) is 0 Å². The van der Waals surface area contributed by atoms with Crippen LogP contribution in [0.2, 0.25) is 0 Å². The number of carbonyl (C=O) groups excluding carboxylic acids is 1. The summed E-state index contributed by atoms with van der Waals surface area (Å²) in [5, 5.41) is 0. The van der Waals surface area contributed by atoms with Gasteiger partial charge in [0.2, 0.25) is 0 Å². The van der Waals surface area contributed by atoms with Gasteiger partial charge in [-0.25, -0.2) is 9.79 Å². The Morgan fingerprint density at radius 3 is 2.37 bits per heavy atom. The number of esters is 1. The molecule has 0 aliphatic carbocycles. The minimum Gasteiger partial charge on any atom is -0.494 e. The Morgan fingerprint density at radius 1 is 1.16 bits per heavy atom. The number of benzene rings is 2. The highest BCUT2D eigenvalue weighted by Gasteiger charge is 2.34. The van der Waals surface area contributed by atoms with E-state index in [-0.39, 0.29) is 12.2 Å². The Balaban J connectivity index is 1.97. The molecule has 200 valence electrons. The molecular formula is C29H30Br2N2O4S. The van der Waals surface area contributed by atoms with Crippen molar-refractivity contribution in [3.8, 4) is 5.75 Å². The van der Waals surface area contributed by atoms with Gasteiger partial charge in [-0.05, 0) is 86.0 Å². The second-order valence-corrected chi connectivity index (χ2v) is 12.0. The fourth-order valence-corrected chi connectivity index (χ4v) is 7.07. The van der Waals surface area contributed by atoms with Gasteiger partial charge >= 0.3 is 5.97 Å². The number of carbonyl (C=O) groups is 1. The summed E-state index contributed by atoms with van der Waals surface area (Å²) in [4.78, 5) is 32.6. The van der Waals surface area contributed by atoms with Gasteiger partial charge in [-0.1, -0.05) is 62.8 Å². The topological polar surface area (TPSA) is 69.9 Å². The third-order valence-corrected chi connectivity index (χ3v) is 8.49. The first-order chi connectivity index (χ1) is 18.2. The Bertz CT molecular complexity index is 1550. The van der Waals surface area contributed by atoms with E-state index in [1.807, 2.05) is 37.3 Å². The first-order valence-corrected chi connectivity index (χ1v) is 14.9. The fraction of sp³-hybridized carbons (Fsp3) is 0.345. The Kier molecular flexibility index (Phi) is 9.11.